The van der Waals surface area contributed by atoms with Crippen molar-refractivity contribution in [2.24, 2.45) is 5.41 Å². The number of alkyl halides is 4. The molecule has 1 saturated heterocycles. The van der Waals surface area contributed by atoms with Gasteiger partial charge in [-0.25, -0.2) is 0 Å². The summed E-state index contributed by atoms with van der Waals surface area (Å²) in [6, 6.07) is 0. The molecule has 1 fully saturated rings. The van der Waals surface area contributed by atoms with Crippen LogP contribution >= 0.6 is 50.7 Å². The molecular weight excluding hydrogens is 342 g/mol. The van der Waals surface area contributed by atoms with Gasteiger partial charge in [0, 0.05) is 0 Å². The number of rotatable bonds is 0. The van der Waals surface area contributed by atoms with Crippen LogP contribution in [0.4, 0.5) is 0 Å². The molecule has 3 nitrogen and oxygen atoms in total. The van der Waals surface area contributed by atoms with Crippen LogP contribution < -0.4 is 0 Å². The normalized spacial score (nSPS) is 34.8. The summed E-state index contributed by atoms with van der Waals surface area (Å²) in [5.41, 5.74) is -1.25. The number of hydrogen-bond donors (Lipinski definition) is 0. The number of Topliss-reactive ketones (excluding diaryl/α,β-unsaturated/α-hetero) is 1. The standard InChI is InChI=1S/C9H10BrCl3O3/c1-7(2)4(14)8(3,10)5(9(11,12)13)16-6(7)15/h5H,1-3H3/t5-,8-/m1/s1. The van der Waals surface area contributed by atoms with Crippen molar-refractivity contribution >= 4 is 62.5 Å². The van der Waals surface area contributed by atoms with Crippen LogP contribution in [0.2, 0.25) is 0 Å². The quantitative estimate of drug-likeness (QED) is 0.382. The van der Waals surface area contributed by atoms with Gasteiger partial charge in [-0.15, -0.1) is 0 Å². The smallest absolute Gasteiger partial charge is 0.319 e. The summed E-state index contributed by atoms with van der Waals surface area (Å²) in [7, 11) is 0. The molecule has 0 bridgehead atoms. The van der Waals surface area contributed by atoms with Crippen LogP contribution in [-0.4, -0.2) is 26.0 Å². The number of ketones is 1. The molecule has 0 saturated carbocycles. The predicted molar refractivity (Wildman–Crippen MR) is 66.3 cm³/mol. The van der Waals surface area contributed by atoms with Gasteiger partial charge in [-0.05, 0) is 20.8 Å². The summed E-state index contributed by atoms with van der Waals surface area (Å²) in [5, 5.41) is 0. The van der Waals surface area contributed by atoms with Gasteiger partial charge in [0.2, 0.25) is 3.79 Å². The molecule has 0 aromatic carbocycles. The van der Waals surface area contributed by atoms with E-state index in [0.717, 1.165) is 0 Å². The molecule has 0 amide bonds. The molecule has 0 unspecified atom stereocenters. The first-order valence-electron chi connectivity index (χ1n) is 4.43. The Balaban J connectivity index is 3.22. The number of carbonyl (C=O) groups is 2. The van der Waals surface area contributed by atoms with Gasteiger partial charge in [-0.3, -0.25) is 9.59 Å². The number of cyclic esters (lactones) is 1. The molecule has 1 heterocycles. The lowest BCUT2D eigenvalue weighted by Crippen LogP contribution is -2.62. The molecule has 2 atom stereocenters. The van der Waals surface area contributed by atoms with Gasteiger partial charge in [0.05, 0.1) is 0 Å². The highest BCUT2D eigenvalue weighted by atomic mass is 79.9. The molecule has 7 heteroatoms. The van der Waals surface area contributed by atoms with Gasteiger partial charge in [0.1, 0.15) is 9.74 Å². The van der Waals surface area contributed by atoms with Crippen LogP contribution in [0.1, 0.15) is 20.8 Å². The van der Waals surface area contributed by atoms with Gasteiger partial charge < -0.3 is 4.74 Å². The number of halogens is 4. The zero-order valence-corrected chi connectivity index (χ0v) is 12.7. The van der Waals surface area contributed by atoms with Crippen LogP contribution in [-0.2, 0) is 14.3 Å². The summed E-state index contributed by atoms with van der Waals surface area (Å²) >= 11 is 20.3. The van der Waals surface area contributed by atoms with E-state index in [1.54, 1.807) is 0 Å². The summed E-state index contributed by atoms with van der Waals surface area (Å²) < 4.78 is 1.98. The Bertz CT molecular complexity index is 346. The van der Waals surface area contributed by atoms with Crippen molar-refractivity contribution in [3.05, 3.63) is 0 Å². The lowest BCUT2D eigenvalue weighted by molar-refractivity contribution is -0.174. The third-order valence-electron chi connectivity index (χ3n) is 2.54. The Labute approximate surface area is 117 Å². The van der Waals surface area contributed by atoms with Crippen molar-refractivity contribution in [2.75, 3.05) is 0 Å². The van der Waals surface area contributed by atoms with Crippen molar-refractivity contribution < 1.29 is 14.3 Å². The van der Waals surface area contributed by atoms with E-state index in [4.69, 9.17) is 39.5 Å². The SMILES string of the molecule is CC1(C)C(=O)O[C@@H](C(Cl)(Cl)Cl)[C@](C)(Br)C1=O. The number of hydrogen-bond acceptors (Lipinski definition) is 3. The average Bonchev–Trinajstić information content (AvgIpc) is 2.07. The highest BCUT2D eigenvalue weighted by Gasteiger charge is 2.61. The minimum atomic E-state index is -1.86. The van der Waals surface area contributed by atoms with Crippen molar-refractivity contribution in [3.8, 4) is 0 Å². The third-order valence-corrected chi connectivity index (χ3v) is 3.91. The van der Waals surface area contributed by atoms with E-state index < -0.39 is 25.6 Å². The second-order valence-corrected chi connectivity index (χ2v) is 8.37. The van der Waals surface area contributed by atoms with Crippen LogP contribution in [0.5, 0.6) is 0 Å². The molecule has 0 N–H and O–H groups in total. The molecule has 0 aromatic heterocycles. The van der Waals surface area contributed by atoms with Crippen molar-refractivity contribution in [2.45, 2.75) is 35.0 Å². The minimum absolute atomic E-state index is 0.368. The maximum atomic E-state index is 12.1. The molecular formula is C9H10BrCl3O3. The Kier molecular flexibility index (Phi) is 3.64. The first kappa shape index (κ1) is 14.6. The van der Waals surface area contributed by atoms with Crippen LogP contribution in [0, 0.1) is 5.41 Å². The fourth-order valence-corrected chi connectivity index (χ4v) is 3.68. The summed E-state index contributed by atoms with van der Waals surface area (Å²) in [6.07, 6.45) is -1.15. The second-order valence-electron chi connectivity index (χ2n) is 4.36. The number of esters is 1. The Morgan fingerprint density at radius 2 is 1.69 bits per heavy atom. The number of carbonyl (C=O) groups excluding carboxylic acids is 2. The summed E-state index contributed by atoms with van der Waals surface area (Å²) in [4.78, 5) is 23.7. The zero-order valence-electron chi connectivity index (χ0n) is 8.81. The highest BCUT2D eigenvalue weighted by Crippen LogP contribution is 2.48. The maximum Gasteiger partial charge on any atom is 0.319 e. The molecule has 16 heavy (non-hydrogen) atoms. The Hall–Kier alpha value is 0.490. The lowest BCUT2D eigenvalue weighted by atomic mass is 9.77. The van der Waals surface area contributed by atoms with Crippen LogP contribution in [0.25, 0.3) is 0 Å². The molecule has 1 rings (SSSR count). The molecule has 1 aliphatic rings. The lowest BCUT2D eigenvalue weighted by Gasteiger charge is -2.44. The average molecular weight is 352 g/mol. The first-order valence-corrected chi connectivity index (χ1v) is 6.36. The van der Waals surface area contributed by atoms with Crippen molar-refractivity contribution in [1.29, 1.82) is 0 Å². The van der Waals surface area contributed by atoms with E-state index in [1.807, 2.05) is 0 Å². The minimum Gasteiger partial charge on any atom is -0.455 e. The van der Waals surface area contributed by atoms with Crippen molar-refractivity contribution in [3.63, 3.8) is 0 Å². The number of ether oxygens (including phenoxy) is 1. The van der Waals surface area contributed by atoms with E-state index in [2.05, 4.69) is 15.9 Å². The predicted octanol–water partition coefficient (Wildman–Crippen LogP) is 3.03. The van der Waals surface area contributed by atoms with E-state index in [0.29, 0.717) is 0 Å². The second kappa shape index (κ2) is 4.01. The van der Waals surface area contributed by atoms with Gasteiger partial charge >= 0.3 is 5.97 Å². The summed E-state index contributed by atoms with van der Waals surface area (Å²) in [5.74, 6) is -1.06. The topological polar surface area (TPSA) is 43.4 Å². The fourth-order valence-electron chi connectivity index (χ4n) is 1.56. The monoisotopic (exact) mass is 350 g/mol. The van der Waals surface area contributed by atoms with E-state index in [9.17, 15) is 9.59 Å². The molecule has 0 radical (unpaired) electrons. The first-order chi connectivity index (χ1) is 6.91. The van der Waals surface area contributed by atoms with Gasteiger partial charge in [-0.2, -0.15) is 0 Å². The van der Waals surface area contributed by atoms with E-state index in [1.165, 1.54) is 20.8 Å². The van der Waals surface area contributed by atoms with Crippen molar-refractivity contribution in [1.82, 2.24) is 0 Å². The highest BCUT2D eigenvalue weighted by molar-refractivity contribution is 9.10. The molecule has 0 aromatic rings. The Morgan fingerprint density at radius 1 is 1.25 bits per heavy atom. The van der Waals surface area contributed by atoms with Gasteiger partial charge in [-0.1, -0.05) is 50.7 Å². The largest absolute Gasteiger partial charge is 0.455 e. The fraction of sp³-hybridized carbons (Fsp3) is 0.778. The molecule has 92 valence electrons. The van der Waals surface area contributed by atoms with Gasteiger partial charge in [0.25, 0.3) is 0 Å². The molecule has 0 aliphatic carbocycles. The zero-order chi connectivity index (χ0) is 12.9. The van der Waals surface area contributed by atoms with E-state index in [-0.39, 0.29) is 5.78 Å². The van der Waals surface area contributed by atoms with Gasteiger partial charge in [0.15, 0.2) is 11.9 Å². The van der Waals surface area contributed by atoms with Crippen LogP contribution in [0.3, 0.4) is 0 Å². The third kappa shape index (κ3) is 2.22. The Morgan fingerprint density at radius 3 is 2.06 bits per heavy atom. The van der Waals surface area contributed by atoms with E-state index >= 15 is 0 Å². The maximum absolute atomic E-state index is 12.1. The molecule has 0 spiro atoms. The molecule has 1 aliphatic heterocycles. The summed E-state index contributed by atoms with van der Waals surface area (Å²) in [6.45, 7) is 4.48. The van der Waals surface area contributed by atoms with Crippen LogP contribution in [0.15, 0.2) is 0 Å².